The molecule has 3 N–H and O–H groups in total. The fourth-order valence-corrected chi connectivity index (χ4v) is 2.21. The Morgan fingerprint density at radius 2 is 1.42 bits per heavy atom. The highest BCUT2D eigenvalue weighted by molar-refractivity contribution is 6.03. The average molecular weight is 335 g/mol. The molecule has 0 spiro atoms. The van der Waals surface area contributed by atoms with Gasteiger partial charge in [-0.05, 0) is 38.5 Å². The summed E-state index contributed by atoms with van der Waals surface area (Å²) in [5.41, 5.74) is 4.87. The SMILES string of the molecule is CC/C=C\C/C=C\C/C=C\CCCCCCCC(=O)C(O)C(N)=O. The minimum Gasteiger partial charge on any atom is -0.376 e. The van der Waals surface area contributed by atoms with Crippen molar-refractivity contribution in [1.82, 2.24) is 0 Å². The average Bonchev–Trinajstić information content (AvgIpc) is 2.57. The topological polar surface area (TPSA) is 80.4 Å². The summed E-state index contributed by atoms with van der Waals surface area (Å²) in [4.78, 5) is 22.0. The molecule has 0 aromatic heterocycles. The van der Waals surface area contributed by atoms with Gasteiger partial charge in [0, 0.05) is 6.42 Å². The van der Waals surface area contributed by atoms with E-state index in [1.165, 1.54) is 0 Å². The molecule has 0 saturated carbocycles. The minimum atomic E-state index is -1.63. The van der Waals surface area contributed by atoms with Crippen molar-refractivity contribution in [3.8, 4) is 0 Å². The first-order chi connectivity index (χ1) is 11.6. The molecule has 24 heavy (non-hydrogen) atoms. The van der Waals surface area contributed by atoms with Crippen LogP contribution in [0.15, 0.2) is 36.5 Å². The number of rotatable bonds is 15. The van der Waals surface area contributed by atoms with Gasteiger partial charge in [0.15, 0.2) is 11.9 Å². The standard InChI is InChI=1S/C20H33NO3/c1-2-3-4-5-6-7-8-9-10-11-12-13-14-15-16-17-18(22)19(23)20(21)24/h3-4,6-7,9-10,19,23H,2,5,8,11-17H2,1H3,(H2,21,24)/b4-3-,7-6-,10-9-. The molecule has 0 heterocycles. The van der Waals surface area contributed by atoms with Gasteiger partial charge in [-0.25, -0.2) is 0 Å². The van der Waals surface area contributed by atoms with Crippen molar-refractivity contribution in [3.05, 3.63) is 36.5 Å². The maximum absolute atomic E-state index is 11.3. The predicted molar refractivity (Wildman–Crippen MR) is 99.5 cm³/mol. The van der Waals surface area contributed by atoms with Crippen LogP contribution in [-0.4, -0.2) is 22.9 Å². The van der Waals surface area contributed by atoms with E-state index in [0.29, 0.717) is 6.42 Å². The predicted octanol–water partition coefficient (Wildman–Crippen LogP) is 3.99. The van der Waals surface area contributed by atoms with Gasteiger partial charge in [0.25, 0.3) is 5.91 Å². The summed E-state index contributed by atoms with van der Waals surface area (Å²) < 4.78 is 0. The summed E-state index contributed by atoms with van der Waals surface area (Å²) in [6, 6.07) is 0. The van der Waals surface area contributed by atoms with Crippen molar-refractivity contribution in [1.29, 1.82) is 0 Å². The molecule has 0 radical (unpaired) electrons. The number of carbonyl (C=O) groups is 2. The molecular weight excluding hydrogens is 302 g/mol. The van der Waals surface area contributed by atoms with E-state index in [-0.39, 0.29) is 6.42 Å². The molecule has 0 aromatic carbocycles. The Bertz CT molecular complexity index is 425. The van der Waals surface area contributed by atoms with Crippen molar-refractivity contribution in [3.63, 3.8) is 0 Å². The molecule has 1 amide bonds. The van der Waals surface area contributed by atoms with Crippen molar-refractivity contribution >= 4 is 11.7 Å². The molecule has 4 nitrogen and oxygen atoms in total. The Morgan fingerprint density at radius 3 is 2.04 bits per heavy atom. The Balaban J connectivity index is 3.42. The molecule has 136 valence electrons. The zero-order valence-electron chi connectivity index (χ0n) is 15.0. The number of hydrogen-bond acceptors (Lipinski definition) is 3. The highest BCUT2D eigenvalue weighted by atomic mass is 16.3. The van der Waals surface area contributed by atoms with E-state index in [1.54, 1.807) is 0 Å². The first-order valence-electron chi connectivity index (χ1n) is 9.04. The van der Waals surface area contributed by atoms with Crippen molar-refractivity contribution in [2.24, 2.45) is 5.73 Å². The molecular formula is C20H33NO3. The summed E-state index contributed by atoms with van der Waals surface area (Å²) in [6.07, 6.45) is 20.9. The van der Waals surface area contributed by atoms with Crippen LogP contribution >= 0.6 is 0 Å². The summed E-state index contributed by atoms with van der Waals surface area (Å²) in [5, 5.41) is 9.17. The van der Waals surface area contributed by atoms with E-state index >= 15 is 0 Å². The lowest BCUT2D eigenvalue weighted by molar-refractivity contribution is -0.137. The van der Waals surface area contributed by atoms with Gasteiger partial charge in [0.2, 0.25) is 0 Å². The number of amides is 1. The van der Waals surface area contributed by atoms with Gasteiger partial charge in [-0.2, -0.15) is 0 Å². The van der Waals surface area contributed by atoms with Crippen LogP contribution in [0.5, 0.6) is 0 Å². The lowest BCUT2D eigenvalue weighted by Crippen LogP contribution is -2.35. The maximum atomic E-state index is 11.3. The van der Waals surface area contributed by atoms with Gasteiger partial charge >= 0.3 is 0 Å². The Kier molecular flexibility index (Phi) is 15.1. The summed E-state index contributed by atoms with van der Waals surface area (Å²) in [5.74, 6) is -1.43. The lowest BCUT2D eigenvalue weighted by Gasteiger charge is -2.05. The molecule has 0 aliphatic heterocycles. The Labute approximate surface area is 146 Å². The molecule has 0 aromatic rings. The van der Waals surface area contributed by atoms with Gasteiger partial charge in [0.05, 0.1) is 0 Å². The zero-order chi connectivity index (χ0) is 18.0. The Hall–Kier alpha value is -1.68. The number of aliphatic hydroxyl groups excluding tert-OH is 1. The summed E-state index contributed by atoms with van der Waals surface area (Å²) in [7, 11) is 0. The second-order valence-corrected chi connectivity index (χ2v) is 5.87. The number of Topliss-reactive ketones (excluding diaryl/α,β-unsaturated/α-hetero) is 1. The smallest absolute Gasteiger partial charge is 0.254 e. The highest BCUT2D eigenvalue weighted by Crippen LogP contribution is 2.09. The quantitative estimate of drug-likeness (QED) is 0.270. The number of carbonyl (C=O) groups excluding carboxylic acids is 2. The second kappa shape index (κ2) is 16.2. The van der Waals surface area contributed by atoms with E-state index in [4.69, 9.17) is 5.73 Å². The van der Waals surface area contributed by atoms with E-state index in [1.807, 2.05) is 0 Å². The Morgan fingerprint density at radius 1 is 0.875 bits per heavy atom. The third kappa shape index (κ3) is 13.9. The van der Waals surface area contributed by atoms with Gasteiger partial charge in [-0.15, -0.1) is 0 Å². The summed E-state index contributed by atoms with van der Waals surface area (Å²) >= 11 is 0. The van der Waals surface area contributed by atoms with Crippen LogP contribution in [0.25, 0.3) is 0 Å². The van der Waals surface area contributed by atoms with Gasteiger partial charge in [-0.1, -0.05) is 62.6 Å². The molecule has 0 aliphatic carbocycles. The van der Waals surface area contributed by atoms with Gasteiger partial charge in [0.1, 0.15) is 0 Å². The van der Waals surface area contributed by atoms with Crippen LogP contribution in [0, 0.1) is 0 Å². The van der Waals surface area contributed by atoms with Crippen LogP contribution in [0.2, 0.25) is 0 Å². The van der Waals surface area contributed by atoms with Gasteiger partial charge < -0.3 is 10.8 Å². The summed E-state index contributed by atoms with van der Waals surface area (Å²) in [6.45, 7) is 2.14. The van der Waals surface area contributed by atoms with Crippen LogP contribution < -0.4 is 5.73 Å². The molecule has 0 bridgehead atoms. The number of nitrogens with two attached hydrogens (primary N) is 1. The van der Waals surface area contributed by atoms with Crippen molar-refractivity contribution in [2.45, 2.75) is 77.2 Å². The molecule has 4 heteroatoms. The number of aliphatic hydroxyl groups is 1. The first-order valence-corrected chi connectivity index (χ1v) is 9.04. The second-order valence-electron chi connectivity index (χ2n) is 5.87. The highest BCUT2D eigenvalue weighted by Gasteiger charge is 2.19. The van der Waals surface area contributed by atoms with E-state index < -0.39 is 17.8 Å². The maximum Gasteiger partial charge on any atom is 0.254 e. The fourth-order valence-electron chi connectivity index (χ4n) is 2.21. The monoisotopic (exact) mass is 335 g/mol. The molecule has 1 unspecified atom stereocenters. The van der Waals surface area contributed by atoms with E-state index in [0.717, 1.165) is 51.4 Å². The van der Waals surface area contributed by atoms with Crippen LogP contribution in [-0.2, 0) is 9.59 Å². The fraction of sp³-hybridized carbons (Fsp3) is 0.600. The van der Waals surface area contributed by atoms with Crippen LogP contribution in [0.4, 0.5) is 0 Å². The first kappa shape index (κ1) is 22.3. The number of hydrogen-bond donors (Lipinski definition) is 2. The van der Waals surface area contributed by atoms with E-state index in [2.05, 4.69) is 43.4 Å². The van der Waals surface area contributed by atoms with Crippen molar-refractivity contribution in [2.75, 3.05) is 0 Å². The normalized spacial score (nSPS) is 13.2. The lowest BCUT2D eigenvalue weighted by atomic mass is 10.0. The third-order valence-corrected chi connectivity index (χ3v) is 3.65. The number of primary amides is 1. The molecule has 0 saturated heterocycles. The number of unbranched alkanes of at least 4 members (excludes halogenated alkanes) is 5. The van der Waals surface area contributed by atoms with E-state index in [9.17, 15) is 14.7 Å². The van der Waals surface area contributed by atoms with Crippen molar-refractivity contribution < 1.29 is 14.7 Å². The van der Waals surface area contributed by atoms with Gasteiger partial charge in [-0.3, -0.25) is 9.59 Å². The zero-order valence-corrected chi connectivity index (χ0v) is 15.0. The number of ketones is 1. The molecule has 1 atom stereocenters. The van der Waals surface area contributed by atoms with Crippen LogP contribution in [0.3, 0.4) is 0 Å². The molecule has 0 aliphatic rings. The third-order valence-electron chi connectivity index (χ3n) is 3.65. The molecule has 0 rings (SSSR count). The van der Waals surface area contributed by atoms with Crippen LogP contribution in [0.1, 0.15) is 71.1 Å². The molecule has 0 fully saturated rings. The number of allylic oxidation sites excluding steroid dienone is 6. The largest absolute Gasteiger partial charge is 0.376 e. The minimum absolute atomic E-state index is 0.226.